The molecule has 1 heterocycles. The van der Waals surface area contributed by atoms with E-state index >= 15 is 0 Å². The van der Waals surface area contributed by atoms with Crippen LogP contribution in [0.25, 0.3) is 0 Å². The molecule has 0 aliphatic carbocycles. The number of hydrogen-bond acceptors (Lipinski definition) is 2. The summed E-state index contributed by atoms with van der Waals surface area (Å²) in [6.45, 7) is 4.57. The average Bonchev–Trinajstić information content (AvgIpc) is 2.13. The molecule has 52 valence electrons. The number of alkyl halides is 1. The minimum absolute atomic E-state index is 0.0856. The second-order valence-corrected chi connectivity index (χ2v) is 2.77. The van der Waals surface area contributed by atoms with Gasteiger partial charge in [0.15, 0.2) is 0 Å². The molecule has 0 aromatic carbocycles. The van der Waals surface area contributed by atoms with Crippen LogP contribution in [0.3, 0.4) is 0 Å². The first-order valence-electron chi connectivity index (χ1n) is 3.07. The van der Waals surface area contributed by atoms with E-state index in [1.807, 2.05) is 4.90 Å². The predicted octanol–water partition coefficient (Wildman–Crippen LogP) is 1.08. The lowest BCUT2D eigenvalue weighted by molar-refractivity contribution is 0.392. The van der Waals surface area contributed by atoms with Crippen molar-refractivity contribution in [3.8, 4) is 0 Å². The normalized spacial score (nSPS) is 26.8. The van der Waals surface area contributed by atoms with Crippen LogP contribution in [0.1, 0.15) is 12.8 Å². The van der Waals surface area contributed by atoms with E-state index in [-0.39, 0.29) is 5.50 Å². The van der Waals surface area contributed by atoms with Crippen molar-refractivity contribution in [1.29, 1.82) is 0 Å². The molecule has 0 saturated carbocycles. The van der Waals surface area contributed by atoms with Gasteiger partial charge in [0.05, 0.1) is 5.82 Å². The van der Waals surface area contributed by atoms with E-state index in [2.05, 4.69) is 6.58 Å². The molecule has 0 aromatic rings. The van der Waals surface area contributed by atoms with E-state index in [9.17, 15) is 0 Å². The zero-order valence-electron chi connectivity index (χ0n) is 5.31. The second-order valence-electron chi connectivity index (χ2n) is 2.26. The lowest BCUT2D eigenvalue weighted by Crippen LogP contribution is -2.28. The molecule has 1 atom stereocenters. The largest absolute Gasteiger partial charge is 0.386 e. The van der Waals surface area contributed by atoms with Crippen molar-refractivity contribution in [3.63, 3.8) is 0 Å². The van der Waals surface area contributed by atoms with Crippen molar-refractivity contribution in [2.45, 2.75) is 18.3 Å². The lowest BCUT2D eigenvalue weighted by atomic mass is 10.4. The van der Waals surface area contributed by atoms with Crippen molar-refractivity contribution >= 4 is 11.6 Å². The van der Waals surface area contributed by atoms with Gasteiger partial charge in [-0.3, -0.25) is 0 Å². The number of nitrogens with two attached hydrogens (primary N) is 1. The first-order chi connectivity index (χ1) is 4.22. The lowest BCUT2D eigenvalue weighted by Gasteiger charge is -2.20. The molecule has 1 fully saturated rings. The fourth-order valence-electron chi connectivity index (χ4n) is 1.05. The Kier molecular flexibility index (Phi) is 1.86. The van der Waals surface area contributed by atoms with E-state index in [0.29, 0.717) is 5.82 Å². The minimum atomic E-state index is 0.0856. The van der Waals surface area contributed by atoms with Crippen LogP contribution in [0.15, 0.2) is 12.4 Å². The Morgan fingerprint density at radius 2 is 2.44 bits per heavy atom. The van der Waals surface area contributed by atoms with Gasteiger partial charge in [-0.05, 0) is 12.8 Å². The number of halogens is 1. The van der Waals surface area contributed by atoms with Crippen LogP contribution in [0.5, 0.6) is 0 Å². The highest BCUT2D eigenvalue weighted by atomic mass is 35.5. The van der Waals surface area contributed by atoms with Gasteiger partial charge in [-0.15, -0.1) is 0 Å². The summed E-state index contributed by atoms with van der Waals surface area (Å²) in [5, 5.41) is 0. The van der Waals surface area contributed by atoms with Gasteiger partial charge in [0, 0.05) is 6.54 Å². The molecule has 0 amide bonds. The highest BCUT2D eigenvalue weighted by molar-refractivity contribution is 6.20. The van der Waals surface area contributed by atoms with Crippen LogP contribution in [0.2, 0.25) is 0 Å². The van der Waals surface area contributed by atoms with Crippen LogP contribution < -0.4 is 5.73 Å². The molecule has 2 N–H and O–H groups in total. The van der Waals surface area contributed by atoms with Gasteiger partial charge in [0.1, 0.15) is 5.50 Å². The minimum Gasteiger partial charge on any atom is -0.386 e. The molecular weight excluding hydrogens is 136 g/mol. The molecule has 9 heavy (non-hydrogen) atoms. The third-order valence-electron chi connectivity index (χ3n) is 1.55. The molecule has 1 aliphatic rings. The molecule has 0 spiro atoms. The molecule has 0 aromatic heterocycles. The molecular formula is C6H11ClN2. The number of rotatable bonds is 1. The zero-order valence-corrected chi connectivity index (χ0v) is 6.06. The summed E-state index contributed by atoms with van der Waals surface area (Å²) in [6, 6.07) is 0. The van der Waals surface area contributed by atoms with Crippen molar-refractivity contribution < 1.29 is 0 Å². The van der Waals surface area contributed by atoms with Gasteiger partial charge in [-0.25, -0.2) is 0 Å². The van der Waals surface area contributed by atoms with Crippen molar-refractivity contribution in [2.75, 3.05) is 6.54 Å². The average molecular weight is 147 g/mol. The van der Waals surface area contributed by atoms with E-state index in [1.54, 1.807) is 0 Å². The summed E-state index contributed by atoms with van der Waals surface area (Å²) < 4.78 is 0. The maximum Gasteiger partial charge on any atom is 0.105 e. The standard InChI is InChI=1S/C6H11ClN2/c1-5(8)9-4-2-3-6(9)7/h6H,1-4,8H2. The zero-order chi connectivity index (χ0) is 6.85. The summed E-state index contributed by atoms with van der Waals surface area (Å²) in [5.41, 5.74) is 5.52. The van der Waals surface area contributed by atoms with E-state index in [0.717, 1.165) is 19.4 Å². The van der Waals surface area contributed by atoms with Gasteiger partial charge in [0.2, 0.25) is 0 Å². The van der Waals surface area contributed by atoms with Crippen LogP contribution >= 0.6 is 11.6 Å². The first kappa shape index (κ1) is 6.75. The molecule has 2 nitrogen and oxygen atoms in total. The van der Waals surface area contributed by atoms with Crippen molar-refractivity contribution in [2.24, 2.45) is 5.73 Å². The highest BCUT2D eigenvalue weighted by Crippen LogP contribution is 2.21. The summed E-state index contributed by atoms with van der Waals surface area (Å²) in [7, 11) is 0. The fourth-order valence-corrected chi connectivity index (χ4v) is 1.43. The van der Waals surface area contributed by atoms with Crippen LogP contribution in [0.4, 0.5) is 0 Å². The van der Waals surface area contributed by atoms with E-state index in [4.69, 9.17) is 17.3 Å². The van der Waals surface area contributed by atoms with Crippen LogP contribution in [-0.4, -0.2) is 16.9 Å². The van der Waals surface area contributed by atoms with Gasteiger partial charge in [-0.1, -0.05) is 18.2 Å². The quantitative estimate of drug-likeness (QED) is 0.443. The maximum absolute atomic E-state index is 5.86. The Labute approximate surface area is 60.3 Å². The molecule has 1 saturated heterocycles. The topological polar surface area (TPSA) is 29.3 Å². The molecule has 3 heteroatoms. The Morgan fingerprint density at radius 3 is 2.67 bits per heavy atom. The Morgan fingerprint density at radius 1 is 1.78 bits per heavy atom. The number of hydrogen-bond donors (Lipinski definition) is 1. The SMILES string of the molecule is C=C(N)N1CCCC1Cl. The predicted molar refractivity (Wildman–Crippen MR) is 38.9 cm³/mol. The van der Waals surface area contributed by atoms with Crippen molar-refractivity contribution in [3.05, 3.63) is 12.4 Å². The molecule has 1 rings (SSSR count). The third kappa shape index (κ3) is 1.30. The monoisotopic (exact) mass is 146 g/mol. The molecule has 0 radical (unpaired) electrons. The van der Waals surface area contributed by atoms with E-state index < -0.39 is 0 Å². The second kappa shape index (κ2) is 2.48. The smallest absolute Gasteiger partial charge is 0.105 e. The first-order valence-corrected chi connectivity index (χ1v) is 3.50. The van der Waals surface area contributed by atoms with Gasteiger partial charge >= 0.3 is 0 Å². The number of likely N-dealkylation sites (tertiary alicyclic amines) is 1. The summed E-state index contributed by atoms with van der Waals surface area (Å²) >= 11 is 5.86. The summed E-state index contributed by atoms with van der Waals surface area (Å²) in [5.74, 6) is 0.590. The Balaban J connectivity index is 2.49. The van der Waals surface area contributed by atoms with Gasteiger partial charge < -0.3 is 10.6 Å². The van der Waals surface area contributed by atoms with Gasteiger partial charge in [0.25, 0.3) is 0 Å². The Bertz CT molecular complexity index is 124. The Hall–Kier alpha value is -0.370. The summed E-state index contributed by atoms with van der Waals surface area (Å²) in [4.78, 5) is 1.92. The number of nitrogens with zero attached hydrogens (tertiary/aromatic N) is 1. The highest BCUT2D eigenvalue weighted by Gasteiger charge is 2.21. The molecule has 1 aliphatic heterocycles. The van der Waals surface area contributed by atoms with Gasteiger partial charge in [-0.2, -0.15) is 0 Å². The maximum atomic E-state index is 5.86. The summed E-state index contributed by atoms with van der Waals surface area (Å²) in [6.07, 6.45) is 2.15. The molecule has 0 bridgehead atoms. The van der Waals surface area contributed by atoms with Crippen molar-refractivity contribution in [1.82, 2.24) is 4.90 Å². The van der Waals surface area contributed by atoms with Crippen LogP contribution in [0, 0.1) is 0 Å². The third-order valence-corrected chi connectivity index (χ3v) is 2.00. The van der Waals surface area contributed by atoms with Crippen LogP contribution in [-0.2, 0) is 0 Å². The van der Waals surface area contributed by atoms with E-state index in [1.165, 1.54) is 0 Å². The molecule has 1 unspecified atom stereocenters. The fraction of sp³-hybridized carbons (Fsp3) is 0.667.